The summed E-state index contributed by atoms with van der Waals surface area (Å²) >= 11 is 0. The second kappa shape index (κ2) is 13.3. The number of hydrogen-bond donors (Lipinski definition) is 0. The van der Waals surface area contributed by atoms with Crippen molar-refractivity contribution in [2.24, 2.45) is 0 Å². The predicted octanol–water partition coefficient (Wildman–Crippen LogP) is 1.93. The molecule has 0 saturated carbocycles. The Morgan fingerprint density at radius 1 is 0.957 bits per heavy atom. The van der Waals surface area contributed by atoms with E-state index >= 15 is 0 Å². The molecule has 0 heterocycles. The molecule has 0 spiro atoms. The summed E-state index contributed by atoms with van der Waals surface area (Å²) in [6.45, 7) is 13.0. The van der Waals surface area contributed by atoms with Crippen LogP contribution in [0.25, 0.3) is 0 Å². The van der Waals surface area contributed by atoms with E-state index in [-0.39, 0.29) is 18.0 Å². The highest BCUT2D eigenvalue weighted by atomic mass is 16.5. The van der Waals surface area contributed by atoms with Crippen LogP contribution in [0, 0.1) is 0 Å². The number of hydrogen-bond acceptors (Lipinski definition) is 6. The molecule has 0 atom stereocenters. The summed E-state index contributed by atoms with van der Waals surface area (Å²) in [5.74, 6) is -0.400. The van der Waals surface area contributed by atoms with E-state index in [1.165, 1.54) is 7.11 Å². The lowest BCUT2D eigenvalue weighted by molar-refractivity contribution is -0.144. The lowest BCUT2D eigenvalue weighted by Crippen LogP contribution is -2.35. The summed E-state index contributed by atoms with van der Waals surface area (Å²) < 4.78 is 9.92. The minimum absolute atomic E-state index is 0.173. The Labute approximate surface area is 141 Å². The van der Waals surface area contributed by atoms with Crippen LogP contribution >= 0.6 is 0 Å². The summed E-state index contributed by atoms with van der Waals surface area (Å²) in [6, 6.07) is 0.273. The van der Waals surface area contributed by atoms with Crippen LogP contribution in [-0.2, 0) is 19.1 Å². The number of rotatable bonds is 13. The van der Waals surface area contributed by atoms with E-state index in [2.05, 4.69) is 28.4 Å². The Morgan fingerprint density at radius 2 is 1.52 bits per heavy atom. The van der Waals surface area contributed by atoms with Crippen molar-refractivity contribution in [2.75, 3.05) is 46.4 Å². The minimum atomic E-state index is -0.227. The normalized spacial score (nSPS) is 11.3. The van der Waals surface area contributed by atoms with Crippen molar-refractivity contribution >= 4 is 11.9 Å². The number of ether oxygens (including phenoxy) is 2. The lowest BCUT2D eigenvalue weighted by atomic mass is 10.2. The zero-order valence-corrected chi connectivity index (χ0v) is 15.5. The smallest absolute Gasteiger partial charge is 0.307 e. The standard InChI is InChI=1S/C17H34N2O4/c1-6-18(7-2)11-8-14-23-17(21)10-13-19(15(3)4)12-9-16(20)22-5/h15H,6-14H2,1-5H3. The largest absolute Gasteiger partial charge is 0.469 e. The molecule has 6 nitrogen and oxygen atoms in total. The van der Waals surface area contributed by atoms with Crippen LogP contribution in [0.4, 0.5) is 0 Å². The zero-order valence-electron chi connectivity index (χ0n) is 15.5. The van der Waals surface area contributed by atoms with Gasteiger partial charge in [0.15, 0.2) is 0 Å². The Bertz CT molecular complexity index is 331. The van der Waals surface area contributed by atoms with Crippen molar-refractivity contribution in [1.82, 2.24) is 9.80 Å². The molecule has 23 heavy (non-hydrogen) atoms. The molecular weight excluding hydrogens is 296 g/mol. The molecule has 0 fully saturated rings. The molecule has 0 aromatic rings. The van der Waals surface area contributed by atoms with Crippen LogP contribution in [0.3, 0.4) is 0 Å². The molecule has 0 aromatic heterocycles. The van der Waals surface area contributed by atoms with Crippen molar-refractivity contribution in [1.29, 1.82) is 0 Å². The molecule has 136 valence electrons. The molecule has 0 unspecified atom stereocenters. The zero-order chi connectivity index (χ0) is 17.7. The van der Waals surface area contributed by atoms with E-state index in [9.17, 15) is 9.59 Å². The Hall–Kier alpha value is -1.14. The fourth-order valence-electron chi connectivity index (χ4n) is 2.29. The first kappa shape index (κ1) is 21.9. The Morgan fingerprint density at radius 3 is 2.00 bits per heavy atom. The molecule has 0 aliphatic carbocycles. The van der Waals surface area contributed by atoms with Gasteiger partial charge in [-0.25, -0.2) is 0 Å². The van der Waals surface area contributed by atoms with E-state index < -0.39 is 0 Å². The fourth-order valence-corrected chi connectivity index (χ4v) is 2.29. The average molecular weight is 330 g/mol. The number of methoxy groups -OCH3 is 1. The highest BCUT2D eigenvalue weighted by molar-refractivity contribution is 5.70. The highest BCUT2D eigenvalue weighted by Crippen LogP contribution is 2.03. The third kappa shape index (κ3) is 11.1. The first-order chi connectivity index (χ1) is 10.9. The van der Waals surface area contributed by atoms with Gasteiger partial charge in [-0.3, -0.25) is 14.5 Å². The fraction of sp³-hybridized carbons (Fsp3) is 0.882. The quantitative estimate of drug-likeness (QED) is 0.380. The summed E-state index contributed by atoms with van der Waals surface area (Å²) in [6.07, 6.45) is 1.56. The predicted molar refractivity (Wildman–Crippen MR) is 91.3 cm³/mol. The summed E-state index contributed by atoms with van der Waals surface area (Å²) in [7, 11) is 1.39. The van der Waals surface area contributed by atoms with E-state index in [0.29, 0.717) is 32.5 Å². The minimum Gasteiger partial charge on any atom is -0.469 e. The van der Waals surface area contributed by atoms with E-state index in [0.717, 1.165) is 26.1 Å². The van der Waals surface area contributed by atoms with Gasteiger partial charge in [0.1, 0.15) is 0 Å². The highest BCUT2D eigenvalue weighted by Gasteiger charge is 2.14. The number of esters is 2. The molecule has 0 aromatic carbocycles. The van der Waals surface area contributed by atoms with Crippen molar-refractivity contribution in [3.05, 3.63) is 0 Å². The van der Waals surface area contributed by atoms with Crippen LogP contribution in [0.2, 0.25) is 0 Å². The van der Waals surface area contributed by atoms with Gasteiger partial charge in [-0.1, -0.05) is 13.8 Å². The van der Waals surface area contributed by atoms with Crippen molar-refractivity contribution in [3.8, 4) is 0 Å². The van der Waals surface area contributed by atoms with Crippen LogP contribution in [0.15, 0.2) is 0 Å². The maximum absolute atomic E-state index is 11.8. The van der Waals surface area contributed by atoms with E-state index in [1.54, 1.807) is 0 Å². The van der Waals surface area contributed by atoms with Crippen LogP contribution in [-0.4, -0.2) is 74.2 Å². The summed E-state index contributed by atoms with van der Waals surface area (Å²) in [5.41, 5.74) is 0. The lowest BCUT2D eigenvalue weighted by Gasteiger charge is -2.25. The SMILES string of the molecule is CCN(CC)CCCOC(=O)CCN(CCC(=O)OC)C(C)C. The molecule has 0 N–H and O–H groups in total. The molecule has 0 radical (unpaired) electrons. The number of carbonyl (C=O) groups excluding carboxylic acids is 2. The summed E-state index contributed by atoms with van der Waals surface area (Å²) in [4.78, 5) is 27.4. The first-order valence-electron chi connectivity index (χ1n) is 8.63. The number of nitrogens with zero attached hydrogens (tertiary/aromatic N) is 2. The van der Waals surface area contributed by atoms with Gasteiger partial charge in [-0.05, 0) is 33.4 Å². The third-order valence-electron chi connectivity index (χ3n) is 3.94. The average Bonchev–Trinajstić information content (AvgIpc) is 2.54. The van der Waals surface area contributed by atoms with Crippen LogP contribution < -0.4 is 0 Å². The van der Waals surface area contributed by atoms with Crippen LogP contribution in [0.5, 0.6) is 0 Å². The van der Waals surface area contributed by atoms with Crippen molar-refractivity contribution < 1.29 is 19.1 Å². The topological polar surface area (TPSA) is 59.1 Å². The van der Waals surface area contributed by atoms with Gasteiger partial charge in [-0.2, -0.15) is 0 Å². The first-order valence-corrected chi connectivity index (χ1v) is 8.63. The summed E-state index contributed by atoms with van der Waals surface area (Å²) in [5, 5.41) is 0. The van der Waals surface area contributed by atoms with E-state index in [4.69, 9.17) is 4.74 Å². The van der Waals surface area contributed by atoms with Gasteiger partial charge < -0.3 is 14.4 Å². The molecule has 0 amide bonds. The molecule has 0 aliphatic rings. The van der Waals surface area contributed by atoms with Gasteiger partial charge in [0.25, 0.3) is 0 Å². The molecule has 0 saturated heterocycles. The van der Waals surface area contributed by atoms with Gasteiger partial charge >= 0.3 is 11.9 Å². The second-order valence-electron chi connectivity index (χ2n) is 5.81. The van der Waals surface area contributed by atoms with Gasteiger partial charge in [0, 0.05) is 25.7 Å². The van der Waals surface area contributed by atoms with Crippen LogP contribution in [0.1, 0.15) is 47.0 Å². The molecule has 6 heteroatoms. The van der Waals surface area contributed by atoms with Crippen molar-refractivity contribution in [2.45, 2.75) is 53.0 Å². The molecule has 0 bridgehead atoms. The van der Waals surface area contributed by atoms with Gasteiger partial charge in [-0.15, -0.1) is 0 Å². The third-order valence-corrected chi connectivity index (χ3v) is 3.94. The molecule has 0 rings (SSSR count). The maximum Gasteiger partial charge on any atom is 0.307 e. The van der Waals surface area contributed by atoms with Crippen molar-refractivity contribution in [3.63, 3.8) is 0 Å². The second-order valence-corrected chi connectivity index (χ2v) is 5.81. The molecule has 0 aliphatic heterocycles. The maximum atomic E-state index is 11.8. The monoisotopic (exact) mass is 330 g/mol. The number of carbonyl (C=O) groups is 2. The Balaban J connectivity index is 3.92. The van der Waals surface area contributed by atoms with Gasteiger partial charge in [0.2, 0.25) is 0 Å². The molecular formula is C17H34N2O4. The van der Waals surface area contributed by atoms with E-state index in [1.807, 2.05) is 13.8 Å². The Kier molecular flexibility index (Phi) is 12.7. The van der Waals surface area contributed by atoms with Gasteiger partial charge in [0.05, 0.1) is 26.6 Å².